The molecule has 0 N–H and O–H groups in total. The zero-order valence-corrected chi connectivity index (χ0v) is 17.1. The van der Waals surface area contributed by atoms with E-state index in [0.29, 0.717) is 13.1 Å². The van der Waals surface area contributed by atoms with Crippen LogP contribution in [0.25, 0.3) is 11.3 Å². The summed E-state index contributed by atoms with van der Waals surface area (Å²) in [6, 6.07) is 11.9. The van der Waals surface area contributed by atoms with Crippen LogP contribution in [-0.4, -0.2) is 61.1 Å². The molecule has 8 heteroatoms. The molecule has 152 valence electrons. The van der Waals surface area contributed by atoms with Gasteiger partial charge in [-0.3, -0.25) is 4.79 Å². The molecule has 0 bridgehead atoms. The second-order valence-electron chi connectivity index (χ2n) is 7.61. The van der Waals surface area contributed by atoms with E-state index in [2.05, 4.69) is 20.0 Å². The van der Waals surface area contributed by atoms with Gasteiger partial charge in [-0.15, -0.1) is 0 Å². The van der Waals surface area contributed by atoms with Gasteiger partial charge in [0.25, 0.3) is 5.91 Å². The summed E-state index contributed by atoms with van der Waals surface area (Å²) in [7, 11) is 0. The largest absolute Gasteiger partial charge is 0.353 e. The number of nitrogens with zero attached hydrogens (tertiary/aromatic N) is 7. The molecule has 0 atom stereocenters. The van der Waals surface area contributed by atoms with Gasteiger partial charge in [0.2, 0.25) is 0 Å². The van der Waals surface area contributed by atoms with Crippen molar-refractivity contribution in [3.8, 4) is 5.82 Å². The number of piperazine rings is 1. The van der Waals surface area contributed by atoms with Gasteiger partial charge in [-0.25, -0.2) is 14.6 Å². The molecule has 5 rings (SSSR count). The maximum atomic E-state index is 12.9. The average molecular weight is 401 g/mol. The van der Waals surface area contributed by atoms with Crippen molar-refractivity contribution in [2.75, 3.05) is 31.1 Å². The van der Waals surface area contributed by atoms with E-state index in [-0.39, 0.29) is 5.91 Å². The molecule has 0 unspecified atom stereocenters. The van der Waals surface area contributed by atoms with E-state index in [1.165, 1.54) is 0 Å². The van der Waals surface area contributed by atoms with Crippen LogP contribution in [0.1, 0.15) is 21.7 Å². The van der Waals surface area contributed by atoms with Crippen molar-refractivity contribution in [1.82, 2.24) is 29.0 Å². The smallest absolute Gasteiger partial charge is 0.255 e. The first-order valence-electron chi connectivity index (χ1n) is 10.1. The SMILES string of the molecule is Cc1cc(C)n(-c2cc(N3CCN(C(=O)c4cc5ccccn5c4)CC3)ncn2)n1. The lowest BCUT2D eigenvalue weighted by atomic mass is 10.2. The zero-order chi connectivity index (χ0) is 20.7. The summed E-state index contributed by atoms with van der Waals surface area (Å²) in [5.41, 5.74) is 3.74. The summed E-state index contributed by atoms with van der Waals surface area (Å²) in [6.45, 7) is 6.75. The van der Waals surface area contributed by atoms with Crippen molar-refractivity contribution >= 4 is 17.2 Å². The van der Waals surface area contributed by atoms with Crippen molar-refractivity contribution in [2.45, 2.75) is 13.8 Å². The van der Waals surface area contributed by atoms with E-state index in [0.717, 1.165) is 47.2 Å². The third-order valence-corrected chi connectivity index (χ3v) is 5.51. The molecule has 0 radical (unpaired) electrons. The molecule has 0 saturated carbocycles. The first-order chi connectivity index (χ1) is 14.6. The molecule has 0 aromatic carbocycles. The summed E-state index contributed by atoms with van der Waals surface area (Å²) in [6.07, 6.45) is 5.43. The van der Waals surface area contributed by atoms with Crippen molar-refractivity contribution in [2.24, 2.45) is 0 Å². The molecule has 1 fully saturated rings. The quantitative estimate of drug-likeness (QED) is 0.527. The number of aryl methyl sites for hydroxylation is 2. The van der Waals surface area contributed by atoms with Crippen molar-refractivity contribution in [3.05, 3.63) is 72.1 Å². The molecule has 1 aliphatic rings. The molecule has 1 saturated heterocycles. The van der Waals surface area contributed by atoms with E-state index in [1.807, 2.05) is 76.6 Å². The Labute approximate surface area is 174 Å². The number of pyridine rings is 1. The molecule has 4 aromatic rings. The van der Waals surface area contributed by atoms with Gasteiger partial charge in [-0.05, 0) is 38.1 Å². The monoisotopic (exact) mass is 401 g/mol. The predicted molar refractivity (Wildman–Crippen MR) is 114 cm³/mol. The van der Waals surface area contributed by atoms with Crippen LogP contribution in [0.15, 0.2) is 55.1 Å². The highest BCUT2D eigenvalue weighted by atomic mass is 16.2. The Morgan fingerprint density at radius 2 is 1.77 bits per heavy atom. The second-order valence-corrected chi connectivity index (χ2v) is 7.61. The second kappa shape index (κ2) is 7.29. The lowest BCUT2D eigenvalue weighted by Gasteiger charge is -2.35. The van der Waals surface area contributed by atoms with E-state index in [9.17, 15) is 4.79 Å². The molecule has 1 amide bonds. The van der Waals surface area contributed by atoms with Crippen LogP contribution in [-0.2, 0) is 0 Å². The number of carbonyl (C=O) groups is 1. The van der Waals surface area contributed by atoms with Crippen LogP contribution in [0, 0.1) is 13.8 Å². The van der Waals surface area contributed by atoms with Crippen LogP contribution < -0.4 is 4.90 Å². The Bertz CT molecular complexity index is 1180. The Morgan fingerprint density at radius 1 is 0.967 bits per heavy atom. The number of aromatic nitrogens is 5. The number of fused-ring (bicyclic) bond motifs is 1. The molecule has 0 spiro atoms. The standard InChI is InChI=1S/C22H23N7O/c1-16-11-17(2)29(25-16)21-13-20(23-15-24-21)26-7-9-27(10-8-26)22(30)18-12-19-5-3-4-6-28(19)14-18/h3-6,11-15H,7-10H2,1-2H3. The minimum absolute atomic E-state index is 0.0735. The van der Waals surface area contributed by atoms with Crippen LogP contribution in [0.3, 0.4) is 0 Å². The van der Waals surface area contributed by atoms with Crippen LogP contribution in [0.5, 0.6) is 0 Å². The van der Waals surface area contributed by atoms with Gasteiger partial charge in [0, 0.05) is 55.8 Å². The number of hydrogen-bond acceptors (Lipinski definition) is 5. The first kappa shape index (κ1) is 18.4. The van der Waals surface area contributed by atoms with E-state index >= 15 is 0 Å². The predicted octanol–water partition coefficient (Wildman–Crippen LogP) is 2.49. The first-order valence-corrected chi connectivity index (χ1v) is 10.1. The summed E-state index contributed by atoms with van der Waals surface area (Å²) >= 11 is 0. The highest BCUT2D eigenvalue weighted by molar-refractivity contribution is 5.95. The topological polar surface area (TPSA) is 71.6 Å². The highest BCUT2D eigenvalue weighted by Gasteiger charge is 2.24. The Hall–Kier alpha value is -3.68. The molecular weight excluding hydrogens is 378 g/mol. The van der Waals surface area contributed by atoms with Crippen molar-refractivity contribution in [3.63, 3.8) is 0 Å². The third kappa shape index (κ3) is 3.30. The Balaban J connectivity index is 1.29. The fourth-order valence-corrected chi connectivity index (χ4v) is 3.98. The number of rotatable bonds is 3. The fraction of sp³-hybridized carbons (Fsp3) is 0.273. The lowest BCUT2D eigenvalue weighted by molar-refractivity contribution is 0.0746. The summed E-state index contributed by atoms with van der Waals surface area (Å²) in [5, 5.41) is 4.51. The zero-order valence-electron chi connectivity index (χ0n) is 17.1. The maximum absolute atomic E-state index is 12.9. The molecule has 0 aliphatic carbocycles. The van der Waals surface area contributed by atoms with E-state index < -0.39 is 0 Å². The van der Waals surface area contributed by atoms with Gasteiger partial charge in [0.15, 0.2) is 5.82 Å². The Morgan fingerprint density at radius 3 is 2.50 bits per heavy atom. The van der Waals surface area contributed by atoms with E-state index in [1.54, 1.807) is 6.33 Å². The molecular formula is C22H23N7O. The molecule has 30 heavy (non-hydrogen) atoms. The maximum Gasteiger partial charge on any atom is 0.255 e. The summed E-state index contributed by atoms with van der Waals surface area (Å²) in [4.78, 5) is 25.9. The van der Waals surface area contributed by atoms with Crippen molar-refractivity contribution in [1.29, 1.82) is 0 Å². The normalized spacial score (nSPS) is 14.5. The van der Waals surface area contributed by atoms with Gasteiger partial charge in [-0.1, -0.05) is 6.07 Å². The average Bonchev–Trinajstić information content (AvgIpc) is 3.36. The van der Waals surface area contributed by atoms with Gasteiger partial charge >= 0.3 is 0 Å². The number of hydrogen-bond donors (Lipinski definition) is 0. The minimum Gasteiger partial charge on any atom is -0.353 e. The van der Waals surface area contributed by atoms with Crippen LogP contribution >= 0.6 is 0 Å². The Kier molecular flexibility index (Phi) is 4.46. The molecule has 5 heterocycles. The highest BCUT2D eigenvalue weighted by Crippen LogP contribution is 2.19. The van der Waals surface area contributed by atoms with Gasteiger partial charge in [0.05, 0.1) is 11.3 Å². The van der Waals surface area contributed by atoms with Crippen molar-refractivity contribution < 1.29 is 4.79 Å². The fourth-order valence-electron chi connectivity index (χ4n) is 3.98. The van der Waals surface area contributed by atoms with Crippen LogP contribution in [0.2, 0.25) is 0 Å². The number of carbonyl (C=O) groups excluding carboxylic acids is 1. The number of anilines is 1. The molecule has 1 aliphatic heterocycles. The van der Waals surface area contributed by atoms with Crippen LogP contribution in [0.4, 0.5) is 5.82 Å². The molecule has 4 aromatic heterocycles. The lowest BCUT2D eigenvalue weighted by Crippen LogP contribution is -2.49. The summed E-state index contributed by atoms with van der Waals surface area (Å²) in [5.74, 6) is 1.68. The van der Waals surface area contributed by atoms with E-state index in [4.69, 9.17) is 0 Å². The van der Waals surface area contributed by atoms with Gasteiger partial charge < -0.3 is 14.2 Å². The minimum atomic E-state index is 0.0735. The third-order valence-electron chi connectivity index (χ3n) is 5.51. The molecule has 8 nitrogen and oxygen atoms in total. The summed E-state index contributed by atoms with van der Waals surface area (Å²) < 4.78 is 3.81. The number of amides is 1. The van der Waals surface area contributed by atoms with Gasteiger partial charge in [-0.2, -0.15) is 5.10 Å². The van der Waals surface area contributed by atoms with Gasteiger partial charge in [0.1, 0.15) is 12.1 Å².